The van der Waals surface area contributed by atoms with Crippen LogP contribution in [0.5, 0.6) is 0 Å². The van der Waals surface area contributed by atoms with E-state index in [2.05, 4.69) is 26.1 Å². The van der Waals surface area contributed by atoms with Crippen LogP contribution in [0.25, 0.3) is 0 Å². The largest absolute Gasteiger partial charge is 0.314 e. The van der Waals surface area contributed by atoms with Gasteiger partial charge in [-0.2, -0.15) is 0 Å². The van der Waals surface area contributed by atoms with Gasteiger partial charge in [0.25, 0.3) is 0 Å². The lowest BCUT2D eigenvalue weighted by molar-refractivity contribution is 0.351. The molecule has 0 saturated heterocycles. The van der Waals surface area contributed by atoms with Gasteiger partial charge in [0.05, 0.1) is 0 Å². The normalized spacial score (nSPS) is 14.4. The maximum Gasteiger partial charge on any atom is 0.123 e. The van der Waals surface area contributed by atoms with Gasteiger partial charge in [-0.3, -0.25) is 0 Å². The zero-order valence-electron chi connectivity index (χ0n) is 11.9. The van der Waals surface area contributed by atoms with Gasteiger partial charge in [-0.25, -0.2) is 4.39 Å². The predicted octanol–water partition coefficient (Wildman–Crippen LogP) is 4.17. The average Bonchev–Trinajstić information content (AvgIpc) is 2.34. The first-order valence-electron chi connectivity index (χ1n) is 7.15. The van der Waals surface area contributed by atoms with Gasteiger partial charge < -0.3 is 5.32 Å². The molecule has 0 aliphatic carbocycles. The Labute approximate surface area is 111 Å². The molecule has 1 aromatic carbocycles. The van der Waals surface area contributed by atoms with Crippen LogP contribution in [0.2, 0.25) is 0 Å². The molecule has 1 nitrogen and oxygen atoms in total. The van der Waals surface area contributed by atoms with Gasteiger partial charge in [-0.15, -0.1) is 0 Å². The molecular formula is C16H26FN. The lowest BCUT2D eigenvalue weighted by Gasteiger charge is -2.25. The van der Waals surface area contributed by atoms with E-state index in [0.29, 0.717) is 12.0 Å². The molecule has 0 spiro atoms. The van der Waals surface area contributed by atoms with E-state index in [0.717, 1.165) is 24.9 Å². The molecule has 0 amide bonds. The Bertz CT molecular complexity index is 338. The fourth-order valence-corrected chi connectivity index (χ4v) is 2.41. The number of benzene rings is 1. The maximum absolute atomic E-state index is 13.2. The van der Waals surface area contributed by atoms with E-state index in [1.165, 1.54) is 18.9 Å². The molecular weight excluding hydrogens is 225 g/mol. The van der Waals surface area contributed by atoms with Crippen molar-refractivity contribution >= 4 is 0 Å². The van der Waals surface area contributed by atoms with Crippen molar-refractivity contribution in [1.82, 2.24) is 5.32 Å². The summed E-state index contributed by atoms with van der Waals surface area (Å²) < 4.78 is 13.2. The third kappa shape index (κ3) is 5.18. The topological polar surface area (TPSA) is 12.0 Å². The highest BCUT2D eigenvalue weighted by Crippen LogP contribution is 2.16. The Hall–Kier alpha value is -0.890. The van der Waals surface area contributed by atoms with Crippen molar-refractivity contribution in [2.45, 2.75) is 52.5 Å². The monoisotopic (exact) mass is 251 g/mol. The Morgan fingerprint density at radius 3 is 2.61 bits per heavy atom. The molecule has 0 aliphatic heterocycles. The molecule has 0 radical (unpaired) electrons. The molecule has 2 unspecified atom stereocenters. The molecule has 0 aliphatic rings. The smallest absolute Gasteiger partial charge is 0.123 e. The van der Waals surface area contributed by atoms with Crippen LogP contribution < -0.4 is 5.32 Å². The third-order valence-electron chi connectivity index (χ3n) is 3.39. The standard InChI is InChI=1S/C16H26FN/c1-4-7-16(18-10-5-2)13(3)11-14-8-6-9-15(17)12-14/h6,8-9,12-13,16,18H,4-5,7,10-11H2,1-3H3. The molecule has 0 bridgehead atoms. The Morgan fingerprint density at radius 1 is 1.22 bits per heavy atom. The van der Waals surface area contributed by atoms with Crippen LogP contribution in [0, 0.1) is 11.7 Å². The van der Waals surface area contributed by atoms with Gasteiger partial charge in [-0.1, -0.05) is 39.3 Å². The van der Waals surface area contributed by atoms with E-state index in [1.54, 1.807) is 12.1 Å². The quantitative estimate of drug-likeness (QED) is 0.731. The van der Waals surface area contributed by atoms with E-state index in [4.69, 9.17) is 0 Å². The van der Waals surface area contributed by atoms with Crippen molar-refractivity contribution in [2.75, 3.05) is 6.54 Å². The second kappa shape index (κ2) is 8.25. The average molecular weight is 251 g/mol. The summed E-state index contributed by atoms with van der Waals surface area (Å²) in [5.74, 6) is 0.409. The minimum absolute atomic E-state index is 0.131. The van der Waals surface area contributed by atoms with Crippen molar-refractivity contribution in [2.24, 2.45) is 5.92 Å². The summed E-state index contributed by atoms with van der Waals surface area (Å²) in [6, 6.07) is 7.51. The first-order valence-corrected chi connectivity index (χ1v) is 7.15. The first-order chi connectivity index (χ1) is 8.67. The molecule has 2 atom stereocenters. The highest BCUT2D eigenvalue weighted by atomic mass is 19.1. The fraction of sp³-hybridized carbons (Fsp3) is 0.625. The van der Waals surface area contributed by atoms with Crippen LogP contribution in [0.1, 0.15) is 45.6 Å². The Balaban J connectivity index is 2.56. The summed E-state index contributed by atoms with van der Waals surface area (Å²) in [5.41, 5.74) is 1.10. The molecule has 0 heterocycles. The summed E-state index contributed by atoms with van der Waals surface area (Å²) in [6.07, 6.45) is 4.48. The molecule has 1 aromatic rings. The van der Waals surface area contributed by atoms with E-state index < -0.39 is 0 Å². The van der Waals surface area contributed by atoms with E-state index in [1.807, 2.05) is 6.07 Å². The summed E-state index contributed by atoms with van der Waals surface area (Å²) in [4.78, 5) is 0. The van der Waals surface area contributed by atoms with Crippen molar-refractivity contribution in [1.29, 1.82) is 0 Å². The lowest BCUT2D eigenvalue weighted by Crippen LogP contribution is -2.36. The van der Waals surface area contributed by atoms with Crippen molar-refractivity contribution < 1.29 is 4.39 Å². The molecule has 1 N–H and O–H groups in total. The first kappa shape index (κ1) is 15.2. The number of hydrogen-bond donors (Lipinski definition) is 1. The highest BCUT2D eigenvalue weighted by molar-refractivity contribution is 5.17. The molecule has 0 aromatic heterocycles. The predicted molar refractivity (Wildman–Crippen MR) is 76.3 cm³/mol. The summed E-state index contributed by atoms with van der Waals surface area (Å²) in [5, 5.41) is 3.61. The van der Waals surface area contributed by atoms with Crippen LogP contribution >= 0.6 is 0 Å². The van der Waals surface area contributed by atoms with Crippen LogP contribution in [-0.4, -0.2) is 12.6 Å². The molecule has 0 saturated carbocycles. The number of nitrogens with one attached hydrogen (secondary N) is 1. The van der Waals surface area contributed by atoms with Crippen molar-refractivity contribution in [3.63, 3.8) is 0 Å². The molecule has 0 fully saturated rings. The van der Waals surface area contributed by atoms with Crippen LogP contribution in [0.15, 0.2) is 24.3 Å². The summed E-state index contributed by atoms with van der Waals surface area (Å²) >= 11 is 0. The lowest BCUT2D eigenvalue weighted by atomic mass is 9.91. The minimum Gasteiger partial charge on any atom is -0.314 e. The van der Waals surface area contributed by atoms with Crippen LogP contribution in [-0.2, 0) is 6.42 Å². The zero-order valence-corrected chi connectivity index (χ0v) is 11.9. The number of rotatable bonds is 8. The van der Waals surface area contributed by atoms with Gasteiger partial charge in [0.1, 0.15) is 5.82 Å². The van der Waals surface area contributed by atoms with Gasteiger partial charge in [0.2, 0.25) is 0 Å². The SMILES string of the molecule is CCCNC(CCC)C(C)Cc1cccc(F)c1. The minimum atomic E-state index is -0.131. The molecule has 1 rings (SSSR count). The third-order valence-corrected chi connectivity index (χ3v) is 3.39. The van der Waals surface area contributed by atoms with E-state index in [9.17, 15) is 4.39 Å². The van der Waals surface area contributed by atoms with Crippen LogP contribution in [0.4, 0.5) is 4.39 Å². The van der Waals surface area contributed by atoms with Gasteiger partial charge >= 0.3 is 0 Å². The summed E-state index contributed by atoms with van der Waals surface area (Å²) in [7, 11) is 0. The second-order valence-corrected chi connectivity index (χ2v) is 5.16. The van der Waals surface area contributed by atoms with Gasteiger partial charge in [0.15, 0.2) is 0 Å². The van der Waals surface area contributed by atoms with E-state index in [-0.39, 0.29) is 5.82 Å². The maximum atomic E-state index is 13.2. The number of hydrogen-bond acceptors (Lipinski definition) is 1. The van der Waals surface area contributed by atoms with E-state index >= 15 is 0 Å². The Kier molecular flexibility index (Phi) is 6.96. The highest BCUT2D eigenvalue weighted by Gasteiger charge is 2.16. The zero-order chi connectivity index (χ0) is 13.4. The summed E-state index contributed by atoms with van der Waals surface area (Å²) in [6.45, 7) is 7.73. The van der Waals surface area contributed by atoms with Gasteiger partial charge in [0, 0.05) is 6.04 Å². The van der Waals surface area contributed by atoms with Crippen LogP contribution in [0.3, 0.4) is 0 Å². The van der Waals surface area contributed by atoms with Crippen molar-refractivity contribution in [3.8, 4) is 0 Å². The molecule has 102 valence electrons. The molecule has 2 heteroatoms. The fourth-order valence-electron chi connectivity index (χ4n) is 2.41. The Morgan fingerprint density at radius 2 is 2.00 bits per heavy atom. The number of halogens is 1. The second-order valence-electron chi connectivity index (χ2n) is 5.16. The molecule has 18 heavy (non-hydrogen) atoms. The van der Waals surface area contributed by atoms with Gasteiger partial charge in [-0.05, 0) is 49.4 Å². The van der Waals surface area contributed by atoms with Crippen molar-refractivity contribution in [3.05, 3.63) is 35.6 Å².